The van der Waals surface area contributed by atoms with Crippen molar-refractivity contribution in [1.82, 2.24) is 14.5 Å². The van der Waals surface area contributed by atoms with Gasteiger partial charge in [0.2, 0.25) is 0 Å². The van der Waals surface area contributed by atoms with Crippen LogP contribution in [-0.4, -0.2) is 47.7 Å². The maximum atomic E-state index is 13.7. The van der Waals surface area contributed by atoms with Crippen LogP contribution in [0.2, 0.25) is 0 Å². The van der Waals surface area contributed by atoms with Gasteiger partial charge in [0.05, 0.1) is 36.3 Å². The Morgan fingerprint density at radius 2 is 1.72 bits per heavy atom. The predicted molar refractivity (Wildman–Crippen MR) is 136 cm³/mol. The largest absolute Gasteiger partial charge is 0.497 e. The minimum absolute atomic E-state index is 0.227. The van der Waals surface area contributed by atoms with Crippen molar-refractivity contribution in [3.8, 4) is 11.4 Å². The van der Waals surface area contributed by atoms with Crippen LogP contribution in [0.15, 0.2) is 77.6 Å². The van der Waals surface area contributed by atoms with Crippen LogP contribution in [0.4, 0.5) is 4.39 Å². The van der Waals surface area contributed by atoms with E-state index in [1.54, 1.807) is 61.6 Å². The molecule has 7 nitrogen and oxygen atoms in total. The first-order valence-electron chi connectivity index (χ1n) is 11.7. The summed E-state index contributed by atoms with van der Waals surface area (Å²) in [6, 6.07) is 19.0. The minimum Gasteiger partial charge on any atom is -0.497 e. The predicted octanol–water partition coefficient (Wildman–Crippen LogP) is 4.77. The second kappa shape index (κ2) is 11.1. The standard InChI is InChI=1S/C28H28FN3O4/c1-4-25(31(17-18-35-2)27(33)19-9-15-22(36-3)16-10-19)26-30-24-8-6-5-7-23(24)28(34)32(26)21-13-11-20(29)12-14-21/h5-16,25H,4,17-18H2,1-3H3. The Labute approximate surface area is 208 Å². The van der Waals surface area contributed by atoms with E-state index in [-0.39, 0.29) is 18.0 Å². The lowest BCUT2D eigenvalue weighted by molar-refractivity contribution is 0.0579. The highest BCUT2D eigenvalue weighted by Crippen LogP contribution is 2.28. The molecule has 0 aliphatic carbocycles. The van der Waals surface area contributed by atoms with Crippen LogP contribution in [0, 0.1) is 5.82 Å². The van der Waals surface area contributed by atoms with Crippen molar-refractivity contribution in [1.29, 1.82) is 0 Å². The SMILES string of the molecule is CCC(c1nc2ccccc2c(=O)n1-c1ccc(F)cc1)N(CCOC)C(=O)c1ccc(OC)cc1. The third-order valence-corrected chi connectivity index (χ3v) is 6.08. The van der Waals surface area contributed by atoms with Crippen LogP contribution in [0.5, 0.6) is 5.75 Å². The zero-order valence-electron chi connectivity index (χ0n) is 20.5. The van der Waals surface area contributed by atoms with Crippen LogP contribution in [0.25, 0.3) is 16.6 Å². The summed E-state index contributed by atoms with van der Waals surface area (Å²) in [6.07, 6.45) is 0.484. The van der Waals surface area contributed by atoms with Crippen molar-refractivity contribution in [2.75, 3.05) is 27.4 Å². The number of para-hydroxylation sites is 1. The Balaban J connectivity index is 1.90. The highest BCUT2D eigenvalue weighted by molar-refractivity contribution is 5.94. The molecule has 1 atom stereocenters. The average molecular weight is 490 g/mol. The van der Waals surface area contributed by atoms with Gasteiger partial charge in [0.25, 0.3) is 11.5 Å². The fourth-order valence-electron chi connectivity index (χ4n) is 4.24. The maximum Gasteiger partial charge on any atom is 0.266 e. The summed E-state index contributed by atoms with van der Waals surface area (Å²) in [4.78, 5) is 33.9. The molecule has 36 heavy (non-hydrogen) atoms. The molecule has 1 aromatic heterocycles. The number of fused-ring (bicyclic) bond motifs is 1. The van der Waals surface area contributed by atoms with Gasteiger partial charge in [-0.15, -0.1) is 0 Å². The number of amides is 1. The van der Waals surface area contributed by atoms with E-state index in [2.05, 4.69) is 0 Å². The van der Waals surface area contributed by atoms with Crippen molar-refractivity contribution < 1.29 is 18.7 Å². The number of rotatable bonds is 9. The van der Waals surface area contributed by atoms with Gasteiger partial charge < -0.3 is 14.4 Å². The number of benzene rings is 3. The van der Waals surface area contributed by atoms with Crippen LogP contribution in [-0.2, 0) is 4.74 Å². The highest BCUT2D eigenvalue weighted by atomic mass is 19.1. The number of carbonyl (C=O) groups excluding carboxylic acids is 1. The lowest BCUT2D eigenvalue weighted by atomic mass is 10.1. The molecule has 4 rings (SSSR count). The second-order valence-electron chi connectivity index (χ2n) is 8.25. The molecule has 0 spiro atoms. The number of hydrogen-bond donors (Lipinski definition) is 0. The van der Waals surface area contributed by atoms with E-state index < -0.39 is 11.9 Å². The molecule has 3 aromatic carbocycles. The van der Waals surface area contributed by atoms with E-state index in [1.807, 2.05) is 13.0 Å². The van der Waals surface area contributed by atoms with E-state index in [9.17, 15) is 14.0 Å². The van der Waals surface area contributed by atoms with Crippen molar-refractivity contribution in [2.45, 2.75) is 19.4 Å². The second-order valence-corrected chi connectivity index (χ2v) is 8.25. The molecule has 0 fully saturated rings. The molecule has 0 aliphatic heterocycles. The number of aromatic nitrogens is 2. The van der Waals surface area contributed by atoms with Crippen LogP contribution < -0.4 is 10.3 Å². The summed E-state index contributed by atoms with van der Waals surface area (Å²) in [5, 5.41) is 0.436. The van der Waals surface area contributed by atoms with Gasteiger partial charge in [-0.1, -0.05) is 19.1 Å². The Hall–Kier alpha value is -4.04. The van der Waals surface area contributed by atoms with Crippen LogP contribution >= 0.6 is 0 Å². The smallest absolute Gasteiger partial charge is 0.266 e. The summed E-state index contributed by atoms with van der Waals surface area (Å²) in [5.74, 6) is 0.398. The first-order chi connectivity index (χ1) is 17.5. The molecule has 1 amide bonds. The Bertz CT molecular complexity index is 1400. The van der Waals surface area contributed by atoms with Crippen molar-refractivity contribution in [3.63, 3.8) is 0 Å². The maximum absolute atomic E-state index is 13.7. The Morgan fingerprint density at radius 1 is 1.03 bits per heavy atom. The van der Waals surface area contributed by atoms with E-state index in [1.165, 1.54) is 28.8 Å². The topological polar surface area (TPSA) is 73.7 Å². The quantitative estimate of drug-likeness (QED) is 0.339. The van der Waals surface area contributed by atoms with Gasteiger partial charge in [0, 0.05) is 19.2 Å². The van der Waals surface area contributed by atoms with Crippen LogP contribution in [0.3, 0.4) is 0 Å². The molecule has 0 saturated carbocycles. The summed E-state index contributed by atoms with van der Waals surface area (Å²) >= 11 is 0. The lowest BCUT2D eigenvalue weighted by Gasteiger charge is -2.32. The molecule has 1 heterocycles. The molecule has 0 radical (unpaired) electrons. The van der Waals surface area contributed by atoms with E-state index >= 15 is 0 Å². The molecule has 4 aromatic rings. The van der Waals surface area contributed by atoms with Crippen molar-refractivity contribution in [3.05, 3.63) is 100 Å². The monoisotopic (exact) mass is 489 g/mol. The molecule has 0 saturated heterocycles. The van der Waals surface area contributed by atoms with Gasteiger partial charge in [0.1, 0.15) is 17.4 Å². The Kier molecular flexibility index (Phi) is 7.75. The van der Waals surface area contributed by atoms with Crippen molar-refractivity contribution >= 4 is 16.8 Å². The number of nitrogens with zero attached hydrogens (tertiary/aromatic N) is 3. The average Bonchev–Trinajstić information content (AvgIpc) is 2.91. The summed E-state index contributed by atoms with van der Waals surface area (Å²) in [6.45, 7) is 2.51. The first-order valence-corrected chi connectivity index (χ1v) is 11.7. The number of hydrogen-bond acceptors (Lipinski definition) is 5. The van der Waals surface area contributed by atoms with E-state index in [4.69, 9.17) is 14.5 Å². The molecule has 8 heteroatoms. The molecular weight excluding hydrogens is 461 g/mol. The normalized spacial score (nSPS) is 11.9. The number of methoxy groups -OCH3 is 2. The van der Waals surface area contributed by atoms with Gasteiger partial charge in [-0.25, -0.2) is 9.37 Å². The summed E-state index contributed by atoms with van der Waals surface area (Å²) in [7, 11) is 3.13. The number of ether oxygens (including phenoxy) is 2. The van der Waals surface area contributed by atoms with E-state index in [0.29, 0.717) is 46.8 Å². The minimum atomic E-state index is -0.558. The molecular formula is C28H28FN3O4. The highest BCUT2D eigenvalue weighted by Gasteiger charge is 2.29. The first kappa shape index (κ1) is 25.1. The zero-order chi connectivity index (χ0) is 25.7. The fraction of sp³-hybridized carbons (Fsp3) is 0.250. The summed E-state index contributed by atoms with van der Waals surface area (Å²) in [5.41, 5.74) is 1.18. The Morgan fingerprint density at radius 3 is 2.36 bits per heavy atom. The molecule has 0 aliphatic rings. The van der Waals surface area contributed by atoms with Gasteiger partial charge in [-0.3, -0.25) is 14.2 Å². The third-order valence-electron chi connectivity index (χ3n) is 6.08. The van der Waals surface area contributed by atoms with Gasteiger partial charge in [-0.2, -0.15) is 0 Å². The zero-order valence-corrected chi connectivity index (χ0v) is 20.5. The molecule has 0 N–H and O–H groups in total. The molecule has 1 unspecified atom stereocenters. The fourth-order valence-corrected chi connectivity index (χ4v) is 4.24. The van der Waals surface area contributed by atoms with Gasteiger partial charge >= 0.3 is 0 Å². The third kappa shape index (κ3) is 4.99. The van der Waals surface area contributed by atoms with E-state index in [0.717, 1.165) is 0 Å². The number of carbonyl (C=O) groups is 1. The summed E-state index contributed by atoms with van der Waals surface area (Å²) < 4.78 is 25.7. The number of halogens is 1. The molecule has 186 valence electrons. The van der Waals surface area contributed by atoms with Gasteiger partial charge in [0.15, 0.2) is 0 Å². The molecule has 0 bridgehead atoms. The van der Waals surface area contributed by atoms with Crippen LogP contribution in [0.1, 0.15) is 35.6 Å². The van der Waals surface area contributed by atoms with Gasteiger partial charge in [-0.05, 0) is 67.1 Å². The lowest BCUT2D eigenvalue weighted by Crippen LogP contribution is -2.40. The van der Waals surface area contributed by atoms with Crippen molar-refractivity contribution in [2.24, 2.45) is 0 Å².